The first-order valence-corrected chi connectivity index (χ1v) is 6.90. The third-order valence-corrected chi connectivity index (χ3v) is 3.32. The van der Waals surface area contributed by atoms with Crippen molar-refractivity contribution in [1.29, 1.82) is 0 Å². The van der Waals surface area contributed by atoms with Crippen LogP contribution in [0.15, 0.2) is 30.3 Å². The zero-order chi connectivity index (χ0) is 13.7. The fourth-order valence-corrected chi connectivity index (χ4v) is 2.22. The van der Waals surface area contributed by atoms with Crippen molar-refractivity contribution in [3.8, 4) is 0 Å². The van der Waals surface area contributed by atoms with Crippen LogP contribution in [0.3, 0.4) is 0 Å². The molecule has 1 aromatic heterocycles. The van der Waals surface area contributed by atoms with E-state index in [1.807, 2.05) is 30.3 Å². The summed E-state index contributed by atoms with van der Waals surface area (Å²) in [7, 11) is 0. The van der Waals surface area contributed by atoms with Gasteiger partial charge in [-0.25, -0.2) is 4.98 Å². The maximum atomic E-state index is 11.3. The molecule has 0 aliphatic rings. The number of hydrogen-bond acceptors (Lipinski definition) is 3. The zero-order valence-corrected chi connectivity index (χ0v) is 11.6. The predicted octanol–water partition coefficient (Wildman–Crippen LogP) is 3.67. The number of carbonyl (C=O) groups is 1. The second-order valence-electron chi connectivity index (χ2n) is 4.64. The van der Waals surface area contributed by atoms with Gasteiger partial charge in [0, 0.05) is 18.5 Å². The lowest BCUT2D eigenvalue weighted by molar-refractivity contribution is 0.112. The molecule has 0 atom stereocenters. The number of anilines is 1. The van der Waals surface area contributed by atoms with E-state index < -0.39 is 0 Å². The summed E-state index contributed by atoms with van der Waals surface area (Å²) in [5, 5.41) is 1.01. The second-order valence-corrected chi connectivity index (χ2v) is 4.64. The Bertz CT molecular complexity index is 566. The first-order chi connectivity index (χ1) is 9.30. The first-order valence-electron chi connectivity index (χ1n) is 6.90. The molecule has 3 heteroatoms. The van der Waals surface area contributed by atoms with Crippen LogP contribution in [0.4, 0.5) is 5.82 Å². The van der Waals surface area contributed by atoms with E-state index >= 15 is 0 Å². The van der Waals surface area contributed by atoms with Gasteiger partial charge in [0.1, 0.15) is 5.82 Å². The Hall–Kier alpha value is -1.90. The molecule has 0 radical (unpaired) electrons. The van der Waals surface area contributed by atoms with Gasteiger partial charge in [0.05, 0.1) is 11.1 Å². The van der Waals surface area contributed by atoms with Crippen LogP contribution in [-0.2, 0) is 0 Å². The number of nitrogens with zero attached hydrogens (tertiary/aromatic N) is 2. The van der Waals surface area contributed by atoms with E-state index in [-0.39, 0.29) is 0 Å². The van der Waals surface area contributed by atoms with Crippen molar-refractivity contribution in [2.24, 2.45) is 0 Å². The maximum Gasteiger partial charge on any atom is 0.153 e. The molecule has 0 N–H and O–H groups in total. The van der Waals surface area contributed by atoms with Crippen molar-refractivity contribution < 1.29 is 4.79 Å². The molecule has 2 rings (SSSR count). The molecule has 100 valence electrons. The van der Waals surface area contributed by atoms with Gasteiger partial charge >= 0.3 is 0 Å². The van der Waals surface area contributed by atoms with E-state index in [9.17, 15) is 4.79 Å². The summed E-state index contributed by atoms with van der Waals surface area (Å²) in [6, 6.07) is 9.84. The molecule has 0 bridgehead atoms. The molecular weight excluding hydrogens is 236 g/mol. The highest BCUT2D eigenvalue weighted by molar-refractivity contribution is 5.91. The summed E-state index contributed by atoms with van der Waals surface area (Å²) < 4.78 is 0. The Balaban J connectivity index is 2.47. The van der Waals surface area contributed by atoms with E-state index in [2.05, 4.69) is 23.7 Å². The molecule has 0 unspecified atom stereocenters. The van der Waals surface area contributed by atoms with Gasteiger partial charge in [-0.3, -0.25) is 4.79 Å². The Morgan fingerprint density at radius 3 is 2.74 bits per heavy atom. The lowest BCUT2D eigenvalue weighted by atomic mass is 10.1. The van der Waals surface area contributed by atoms with Crippen molar-refractivity contribution >= 4 is 23.0 Å². The average Bonchev–Trinajstić information content (AvgIpc) is 2.47. The van der Waals surface area contributed by atoms with Crippen molar-refractivity contribution in [3.63, 3.8) is 0 Å². The lowest BCUT2D eigenvalue weighted by Crippen LogP contribution is -2.26. The van der Waals surface area contributed by atoms with E-state index in [1.54, 1.807) is 0 Å². The van der Waals surface area contributed by atoms with E-state index in [4.69, 9.17) is 0 Å². The van der Waals surface area contributed by atoms with Gasteiger partial charge < -0.3 is 4.90 Å². The average molecular weight is 256 g/mol. The van der Waals surface area contributed by atoms with Crippen molar-refractivity contribution in [1.82, 2.24) is 4.98 Å². The highest BCUT2D eigenvalue weighted by Gasteiger charge is 2.12. The minimum Gasteiger partial charge on any atom is -0.356 e. The molecule has 19 heavy (non-hydrogen) atoms. The number of unbranched alkanes of at least 4 members (excludes halogenated alkanes) is 1. The van der Waals surface area contributed by atoms with Crippen molar-refractivity contribution in [3.05, 3.63) is 35.9 Å². The number of rotatable bonds is 6. The van der Waals surface area contributed by atoms with Crippen LogP contribution in [0, 0.1) is 0 Å². The van der Waals surface area contributed by atoms with Crippen LogP contribution in [0.5, 0.6) is 0 Å². The highest BCUT2D eigenvalue weighted by Crippen LogP contribution is 2.22. The Kier molecular flexibility index (Phi) is 4.50. The van der Waals surface area contributed by atoms with Crippen LogP contribution in [0.2, 0.25) is 0 Å². The number of aromatic nitrogens is 1. The van der Waals surface area contributed by atoms with Crippen molar-refractivity contribution in [2.45, 2.75) is 26.7 Å². The molecule has 1 heterocycles. The third kappa shape index (κ3) is 2.92. The van der Waals surface area contributed by atoms with E-state index in [0.29, 0.717) is 5.56 Å². The van der Waals surface area contributed by atoms with Gasteiger partial charge in [-0.05, 0) is 25.5 Å². The Morgan fingerprint density at radius 1 is 1.26 bits per heavy atom. The van der Waals surface area contributed by atoms with Gasteiger partial charge in [-0.15, -0.1) is 0 Å². The van der Waals surface area contributed by atoms with Gasteiger partial charge in [0.15, 0.2) is 6.29 Å². The summed E-state index contributed by atoms with van der Waals surface area (Å²) >= 11 is 0. The fraction of sp³-hybridized carbons (Fsp3) is 0.375. The highest BCUT2D eigenvalue weighted by atomic mass is 16.1. The van der Waals surface area contributed by atoms with Crippen LogP contribution in [0.1, 0.15) is 37.0 Å². The largest absolute Gasteiger partial charge is 0.356 e. The number of benzene rings is 1. The van der Waals surface area contributed by atoms with Crippen LogP contribution in [0.25, 0.3) is 10.9 Å². The molecule has 3 nitrogen and oxygen atoms in total. The summed E-state index contributed by atoms with van der Waals surface area (Å²) in [4.78, 5) is 18.1. The predicted molar refractivity (Wildman–Crippen MR) is 79.9 cm³/mol. The minimum absolute atomic E-state index is 0.677. The first kappa shape index (κ1) is 13.5. The van der Waals surface area contributed by atoms with Crippen LogP contribution >= 0.6 is 0 Å². The number of hydrogen-bond donors (Lipinski definition) is 0. The minimum atomic E-state index is 0.677. The molecule has 1 aromatic carbocycles. The normalized spacial score (nSPS) is 10.6. The molecule has 0 fully saturated rings. The fourth-order valence-electron chi connectivity index (χ4n) is 2.22. The zero-order valence-electron chi connectivity index (χ0n) is 11.6. The topological polar surface area (TPSA) is 33.2 Å². The molecule has 0 aliphatic heterocycles. The molecule has 0 saturated heterocycles. The second kappa shape index (κ2) is 6.32. The van der Waals surface area contributed by atoms with Crippen molar-refractivity contribution in [2.75, 3.05) is 18.0 Å². The smallest absolute Gasteiger partial charge is 0.153 e. The number of para-hydroxylation sites is 1. The number of pyridine rings is 1. The standard InChI is InChI=1S/C16H20N2O/c1-3-5-10-18(4-2)16-14(12-19)11-13-8-6-7-9-15(13)17-16/h6-9,11-12H,3-5,10H2,1-2H3. The van der Waals surface area contributed by atoms with Gasteiger partial charge in [0.2, 0.25) is 0 Å². The van der Waals surface area contributed by atoms with Gasteiger partial charge in [0.25, 0.3) is 0 Å². The van der Waals surface area contributed by atoms with Gasteiger partial charge in [-0.1, -0.05) is 31.5 Å². The Morgan fingerprint density at radius 2 is 2.05 bits per heavy atom. The van der Waals surface area contributed by atoms with E-state index in [1.165, 1.54) is 0 Å². The maximum absolute atomic E-state index is 11.3. The molecule has 0 saturated carbocycles. The lowest BCUT2D eigenvalue weighted by Gasteiger charge is -2.23. The quantitative estimate of drug-likeness (QED) is 0.739. The molecule has 0 spiro atoms. The molecule has 0 amide bonds. The van der Waals surface area contributed by atoms with Gasteiger partial charge in [-0.2, -0.15) is 0 Å². The summed E-state index contributed by atoms with van der Waals surface area (Å²) in [6.07, 6.45) is 3.16. The summed E-state index contributed by atoms with van der Waals surface area (Å²) in [5.74, 6) is 0.810. The van der Waals surface area contributed by atoms with E-state index in [0.717, 1.165) is 48.9 Å². The van der Waals surface area contributed by atoms with Crippen LogP contribution in [-0.4, -0.2) is 24.4 Å². The number of carbonyl (C=O) groups excluding carboxylic acids is 1. The summed E-state index contributed by atoms with van der Waals surface area (Å²) in [6.45, 7) is 6.08. The third-order valence-electron chi connectivity index (χ3n) is 3.32. The van der Waals surface area contributed by atoms with Crippen LogP contribution < -0.4 is 4.90 Å². The molecule has 0 aliphatic carbocycles. The molecular formula is C16H20N2O. The monoisotopic (exact) mass is 256 g/mol. The number of fused-ring (bicyclic) bond motifs is 1. The molecule has 2 aromatic rings. The Labute approximate surface area is 114 Å². The SMILES string of the molecule is CCCCN(CC)c1nc2ccccc2cc1C=O. The number of aldehydes is 1. The summed E-state index contributed by atoms with van der Waals surface area (Å²) in [5.41, 5.74) is 1.62.